The number of nitrogens with two attached hydrogens (primary N) is 1. The highest BCUT2D eigenvalue weighted by Gasteiger charge is 2.23. The van der Waals surface area contributed by atoms with Gasteiger partial charge in [-0.15, -0.1) is 0 Å². The molecule has 1 rings (SSSR count). The second-order valence-corrected chi connectivity index (χ2v) is 5.74. The first-order valence-corrected chi connectivity index (χ1v) is 6.86. The van der Waals surface area contributed by atoms with Crippen molar-refractivity contribution >= 4 is 5.78 Å². The maximum atomic E-state index is 12.1. The summed E-state index contributed by atoms with van der Waals surface area (Å²) in [5.74, 6) is 1.90. The Bertz CT molecular complexity index is 207. The zero-order valence-corrected chi connectivity index (χ0v) is 10.9. The Hall–Kier alpha value is -0.370. The molecule has 0 spiro atoms. The van der Waals surface area contributed by atoms with Gasteiger partial charge in [0.1, 0.15) is 5.78 Å². The molecule has 2 nitrogen and oxygen atoms in total. The van der Waals surface area contributed by atoms with E-state index < -0.39 is 0 Å². The third kappa shape index (κ3) is 4.65. The first kappa shape index (κ1) is 13.7. The van der Waals surface area contributed by atoms with Crippen molar-refractivity contribution in [2.75, 3.05) is 6.54 Å². The van der Waals surface area contributed by atoms with Crippen molar-refractivity contribution in [2.24, 2.45) is 23.5 Å². The largest absolute Gasteiger partial charge is 0.330 e. The van der Waals surface area contributed by atoms with E-state index in [0.29, 0.717) is 30.1 Å². The van der Waals surface area contributed by atoms with E-state index in [1.54, 1.807) is 0 Å². The summed E-state index contributed by atoms with van der Waals surface area (Å²) in [5, 5.41) is 0. The van der Waals surface area contributed by atoms with Gasteiger partial charge in [-0.3, -0.25) is 4.79 Å². The average Bonchev–Trinajstić information content (AvgIpc) is 2.28. The third-order valence-corrected chi connectivity index (χ3v) is 3.69. The molecule has 0 saturated heterocycles. The molecule has 0 bridgehead atoms. The average molecular weight is 225 g/mol. The highest BCUT2D eigenvalue weighted by molar-refractivity contribution is 5.81. The minimum absolute atomic E-state index is 0.356. The van der Waals surface area contributed by atoms with E-state index in [4.69, 9.17) is 5.73 Å². The summed E-state index contributed by atoms with van der Waals surface area (Å²) in [6.07, 6.45) is 7.86. The zero-order chi connectivity index (χ0) is 12.0. The van der Waals surface area contributed by atoms with Crippen LogP contribution >= 0.6 is 0 Å². The highest BCUT2D eigenvalue weighted by Crippen LogP contribution is 2.27. The Morgan fingerprint density at radius 3 is 2.38 bits per heavy atom. The lowest BCUT2D eigenvalue weighted by Crippen LogP contribution is -2.25. The van der Waals surface area contributed by atoms with Crippen molar-refractivity contribution in [3.05, 3.63) is 0 Å². The van der Waals surface area contributed by atoms with Gasteiger partial charge in [0.2, 0.25) is 0 Å². The summed E-state index contributed by atoms with van der Waals surface area (Å²) in [6.45, 7) is 5.07. The van der Waals surface area contributed by atoms with Crippen molar-refractivity contribution in [2.45, 2.75) is 58.8 Å². The molecule has 0 aliphatic heterocycles. The summed E-state index contributed by atoms with van der Waals surface area (Å²) >= 11 is 0. The second kappa shape index (κ2) is 7.05. The van der Waals surface area contributed by atoms with E-state index in [2.05, 4.69) is 13.8 Å². The molecule has 2 heteroatoms. The maximum Gasteiger partial charge on any atom is 0.136 e. The fourth-order valence-corrected chi connectivity index (χ4v) is 2.81. The van der Waals surface area contributed by atoms with Crippen molar-refractivity contribution in [3.63, 3.8) is 0 Å². The molecule has 1 aliphatic carbocycles. The topological polar surface area (TPSA) is 43.1 Å². The Balaban J connectivity index is 2.35. The van der Waals surface area contributed by atoms with Crippen molar-refractivity contribution in [1.82, 2.24) is 0 Å². The molecule has 1 atom stereocenters. The Morgan fingerprint density at radius 1 is 1.25 bits per heavy atom. The Morgan fingerprint density at radius 2 is 1.88 bits per heavy atom. The van der Waals surface area contributed by atoms with Crippen LogP contribution in [0.25, 0.3) is 0 Å². The summed E-state index contributed by atoms with van der Waals surface area (Å²) < 4.78 is 0. The van der Waals surface area contributed by atoms with Crippen LogP contribution in [0, 0.1) is 17.8 Å². The molecule has 1 aliphatic rings. The fraction of sp³-hybridized carbons (Fsp3) is 0.929. The molecule has 2 N–H and O–H groups in total. The van der Waals surface area contributed by atoms with Crippen LogP contribution in [0.4, 0.5) is 0 Å². The van der Waals surface area contributed by atoms with E-state index in [9.17, 15) is 4.79 Å². The first-order chi connectivity index (χ1) is 7.63. The molecule has 1 fully saturated rings. The number of carbonyl (C=O) groups excluding carboxylic acids is 1. The zero-order valence-electron chi connectivity index (χ0n) is 10.9. The minimum atomic E-state index is 0.356. The van der Waals surface area contributed by atoms with Crippen LogP contribution in [0.15, 0.2) is 0 Å². The van der Waals surface area contributed by atoms with Gasteiger partial charge in [0.15, 0.2) is 0 Å². The van der Waals surface area contributed by atoms with Gasteiger partial charge in [0.05, 0.1) is 0 Å². The first-order valence-electron chi connectivity index (χ1n) is 6.86. The number of carbonyl (C=O) groups is 1. The lowest BCUT2D eigenvalue weighted by atomic mass is 9.82. The van der Waals surface area contributed by atoms with Gasteiger partial charge in [-0.2, -0.15) is 0 Å². The third-order valence-electron chi connectivity index (χ3n) is 3.69. The number of rotatable bonds is 6. The maximum absolute atomic E-state index is 12.1. The molecule has 0 heterocycles. The minimum Gasteiger partial charge on any atom is -0.330 e. The Kier molecular flexibility index (Phi) is 6.04. The molecule has 94 valence electrons. The highest BCUT2D eigenvalue weighted by atomic mass is 16.1. The molecule has 0 amide bonds. The lowest BCUT2D eigenvalue weighted by Gasteiger charge is -2.23. The molecule has 1 unspecified atom stereocenters. The van der Waals surface area contributed by atoms with Crippen molar-refractivity contribution in [1.29, 1.82) is 0 Å². The number of ketones is 1. The predicted octanol–water partition coefficient (Wildman–Crippen LogP) is 3.15. The van der Waals surface area contributed by atoms with Crippen LogP contribution in [0.3, 0.4) is 0 Å². The van der Waals surface area contributed by atoms with Crippen LogP contribution in [-0.2, 0) is 4.79 Å². The molecule has 0 aromatic rings. The number of hydrogen-bond donors (Lipinski definition) is 1. The standard InChI is InChI=1S/C14H27NO/c1-11(2)8-12(10-15)9-14(16)13-6-4-3-5-7-13/h11-13H,3-10,15H2,1-2H3. The van der Waals surface area contributed by atoms with Gasteiger partial charge in [-0.05, 0) is 37.6 Å². The number of Topliss-reactive ketones (excluding diaryl/α,β-unsaturated/α-hetero) is 1. The van der Waals surface area contributed by atoms with E-state index in [1.165, 1.54) is 19.3 Å². The molecule has 0 aromatic carbocycles. The quantitative estimate of drug-likeness (QED) is 0.754. The second-order valence-electron chi connectivity index (χ2n) is 5.74. The van der Waals surface area contributed by atoms with Crippen LogP contribution in [-0.4, -0.2) is 12.3 Å². The van der Waals surface area contributed by atoms with E-state index in [1.807, 2.05) is 0 Å². The van der Waals surface area contributed by atoms with Crippen LogP contribution in [0.2, 0.25) is 0 Å². The summed E-state index contributed by atoms with van der Waals surface area (Å²) in [6, 6.07) is 0. The smallest absolute Gasteiger partial charge is 0.136 e. The normalized spacial score (nSPS) is 20.0. The van der Waals surface area contributed by atoms with Crippen LogP contribution in [0.5, 0.6) is 0 Å². The van der Waals surface area contributed by atoms with E-state index in [-0.39, 0.29) is 0 Å². The number of hydrogen-bond acceptors (Lipinski definition) is 2. The summed E-state index contributed by atoms with van der Waals surface area (Å²) in [5.41, 5.74) is 5.75. The van der Waals surface area contributed by atoms with Gasteiger partial charge in [0, 0.05) is 12.3 Å². The predicted molar refractivity (Wildman–Crippen MR) is 68.2 cm³/mol. The molecule has 0 radical (unpaired) electrons. The Labute approximate surface area is 100.0 Å². The molecular weight excluding hydrogens is 198 g/mol. The van der Waals surface area contributed by atoms with E-state index >= 15 is 0 Å². The fourth-order valence-electron chi connectivity index (χ4n) is 2.81. The SMILES string of the molecule is CC(C)CC(CN)CC(=O)C1CCCCC1. The van der Waals surface area contributed by atoms with Crippen molar-refractivity contribution in [3.8, 4) is 0 Å². The molecule has 1 saturated carbocycles. The summed E-state index contributed by atoms with van der Waals surface area (Å²) in [7, 11) is 0. The van der Waals surface area contributed by atoms with Gasteiger partial charge in [-0.25, -0.2) is 0 Å². The van der Waals surface area contributed by atoms with Gasteiger partial charge in [0.25, 0.3) is 0 Å². The van der Waals surface area contributed by atoms with Crippen molar-refractivity contribution < 1.29 is 4.79 Å². The van der Waals surface area contributed by atoms with E-state index in [0.717, 1.165) is 25.7 Å². The molecule has 16 heavy (non-hydrogen) atoms. The lowest BCUT2D eigenvalue weighted by molar-refractivity contribution is -0.124. The van der Waals surface area contributed by atoms with Crippen LogP contribution in [0.1, 0.15) is 58.8 Å². The van der Waals surface area contributed by atoms with Gasteiger partial charge in [-0.1, -0.05) is 33.1 Å². The molecule has 0 aromatic heterocycles. The molecular formula is C14H27NO. The van der Waals surface area contributed by atoms with Crippen LogP contribution < -0.4 is 5.73 Å². The van der Waals surface area contributed by atoms with Gasteiger partial charge >= 0.3 is 0 Å². The monoisotopic (exact) mass is 225 g/mol. The van der Waals surface area contributed by atoms with Gasteiger partial charge < -0.3 is 5.73 Å². The summed E-state index contributed by atoms with van der Waals surface area (Å²) in [4.78, 5) is 12.1.